The zero-order chi connectivity index (χ0) is 15.9. The summed E-state index contributed by atoms with van der Waals surface area (Å²) in [5.74, 6) is 1.52. The van der Waals surface area contributed by atoms with Crippen LogP contribution >= 0.6 is 27.7 Å². The van der Waals surface area contributed by atoms with Crippen molar-refractivity contribution >= 4 is 39.3 Å². The molecule has 0 aliphatic carbocycles. The molecule has 0 aromatic heterocycles. The van der Waals surface area contributed by atoms with E-state index in [0.29, 0.717) is 22.9 Å². The second-order valence-electron chi connectivity index (χ2n) is 4.39. The van der Waals surface area contributed by atoms with Gasteiger partial charge in [-0.15, -0.1) is 11.8 Å². The van der Waals surface area contributed by atoms with Gasteiger partial charge < -0.3 is 14.8 Å². The molecule has 2 aromatic carbocycles. The molecule has 0 aliphatic rings. The van der Waals surface area contributed by atoms with E-state index in [1.54, 1.807) is 32.4 Å². The third-order valence-corrected chi connectivity index (χ3v) is 4.36. The fourth-order valence-corrected chi connectivity index (χ4v) is 2.72. The summed E-state index contributed by atoms with van der Waals surface area (Å²) in [6.45, 7) is 0. The van der Waals surface area contributed by atoms with Crippen LogP contribution < -0.4 is 14.8 Å². The van der Waals surface area contributed by atoms with E-state index >= 15 is 0 Å². The third kappa shape index (κ3) is 4.96. The standard InChI is InChI=1S/C16H16BrNO3S/c1-20-13-7-12(8-14(9-13)21-2)18-16(19)10-22-15-5-3-11(17)4-6-15/h3-9H,10H2,1-2H3,(H,18,19). The first-order chi connectivity index (χ1) is 10.6. The minimum Gasteiger partial charge on any atom is -0.497 e. The molecule has 116 valence electrons. The molecule has 6 heteroatoms. The highest BCUT2D eigenvalue weighted by Gasteiger charge is 2.07. The molecule has 0 bridgehead atoms. The van der Waals surface area contributed by atoms with Crippen LogP contribution in [0.3, 0.4) is 0 Å². The van der Waals surface area contributed by atoms with Crippen molar-refractivity contribution in [3.05, 3.63) is 46.9 Å². The highest BCUT2D eigenvalue weighted by atomic mass is 79.9. The number of anilines is 1. The molecule has 4 nitrogen and oxygen atoms in total. The van der Waals surface area contributed by atoms with Gasteiger partial charge in [0.1, 0.15) is 11.5 Å². The van der Waals surface area contributed by atoms with Crippen molar-refractivity contribution in [3.63, 3.8) is 0 Å². The number of halogens is 1. The lowest BCUT2D eigenvalue weighted by Gasteiger charge is -2.10. The molecular formula is C16H16BrNO3S. The third-order valence-electron chi connectivity index (χ3n) is 2.82. The molecule has 0 saturated heterocycles. The van der Waals surface area contributed by atoms with Gasteiger partial charge in [-0.1, -0.05) is 15.9 Å². The largest absolute Gasteiger partial charge is 0.497 e. The van der Waals surface area contributed by atoms with Crippen LogP contribution in [0.2, 0.25) is 0 Å². The Morgan fingerprint density at radius 3 is 2.23 bits per heavy atom. The van der Waals surface area contributed by atoms with Gasteiger partial charge in [-0.05, 0) is 24.3 Å². The molecule has 0 radical (unpaired) electrons. The van der Waals surface area contributed by atoms with E-state index in [0.717, 1.165) is 9.37 Å². The molecule has 0 aliphatic heterocycles. The number of ether oxygens (including phenoxy) is 2. The Balaban J connectivity index is 1.95. The van der Waals surface area contributed by atoms with Gasteiger partial charge in [0.05, 0.1) is 20.0 Å². The van der Waals surface area contributed by atoms with Crippen molar-refractivity contribution in [2.45, 2.75) is 4.90 Å². The van der Waals surface area contributed by atoms with Crippen LogP contribution in [0.5, 0.6) is 11.5 Å². The van der Waals surface area contributed by atoms with Gasteiger partial charge in [0, 0.05) is 33.3 Å². The first-order valence-electron chi connectivity index (χ1n) is 6.52. The minimum absolute atomic E-state index is 0.0803. The number of amides is 1. The Bertz CT molecular complexity index is 624. The maximum absolute atomic E-state index is 12.0. The normalized spacial score (nSPS) is 10.1. The van der Waals surface area contributed by atoms with E-state index in [1.165, 1.54) is 11.8 Å². The summed E-state index contributed by atoms with van der Waals surface area (Å²) in [4.78, 5) is 13.1. The lowest BCUT2D eigenvalue weighted by Crippen LogP contribution is -2.14. The van der Waals surface area contributed by atoms with Crippen LogP contribution in [0, 0.1) is 0 Å². The summed E-state index contributed by atoms with van der Waals surface area (Å²) in [7, 11) is 3.15. The lowest BCUT2D eigenvalue weighted by atomic mass is 10.2. The number of methoxy groups -OCH3 is 2. The average Bonchev–Trinajstić information content (AvgIpc) is 2.54. The summed E-state index contributed by atoms with van der Waals surface area (Å²) in [5, 5.41) is 2.84. The maximum Gasteiger partial charge on any atom is 0.234 e. The van der Waals surface area contributed by atoms with E-state index in [1.807, 2.05) is 24.3 Å². The molecule has 0 spiro atoms. The van der Waals surface area contributed by atoms with E-state index in [4.69, 9.17) is 9.47 Å². The predicted octanol–water partition coefficient (Wildman–Crippen LogP) is 4.20. The molecule has 0 heterocycles. The van der Waals surface area contributed by atoms with E-state index in [9.17, 15) is 4.79 Å². The van der Waals surface area contributed by atoms with Crippen LogP contribution in [-0.4, -0.2) is 25.9 Å². The summed E-state index contributed by atoms with van der Waals surface area (Å²) >= 11 is 4.87. The van der Waals surface area contributed by atoms with Crippen molar-refractivity contribution in [3.8, 4) is 11.5 Å². The van der Waals surface area contributed by atoms with Crippen LogP contribution in [0.15, 0.2) is 51.8 Å². The molecule has 22 heavy (non-hydrogen) atoms. The van der Waals surface area contributed by atoms with E-state index in [-0.39, 0.29) is 5.91 Å². The Morgan fingerprint density at radius 2 is 1.68 bits per heavy atom. The molecule has 0 unspecified atom stereocenters. The molecule has 0 saturated carbocycles. The number of carbonyl (C=O) groups is 1. The quantitative estimate of drug-likeness (QED) is 0.761. The molecule has 1 amide bonds. The highest BCUT2D eigenvalue weighted by Crippen LogP contribution is 2.26. The highest BCUT2D eigenvalue weighted by molar-refractivity contribution is 9.10. The second-order valence-corrected chi connectivity index (χ2v) is 6.36. The summed E-state index contributed by atoms with van der Waals surface area (Å²) in [6, 6.07) is 13.1. The van der Waals surface area contributed by atoms with Gasteiger partial charge in [-0.25, -0.2) is 0 Å². The molecule has 0 fully saturated rings. The molecule has 0 atom stereocenters. The monoisotopic (exact) mass is 381 g/mol. The van der Waals surface area contributed by atoms with Gasteiger partial charge in [0.25, 0.3) is 0 Å². The Kier molecular flexibility index (Phi) is 6.15. The van der Waals surface area contributed by atoms with Gasteiger partial charge in [-0.3, -0.25) is 4.79 Å². The van der Waals surface area contributed by atoms with Crippen LogP contribution in [0.25, 0.3) is 0 Å². The molecule has 1 N–H and O–H groups in total. The zero-order valence-electron chi connectivity index (χ0n) is 12.3. The van der Waals surface area contributed by atoms with Crippen molar-refractivity contribution in [2.75, 3.05) is 25.3 Å². The predicted molar refractivity (Wildman–Crippen MR) is 93.0 cm³/mol. The van der Waals surface area contributed by atoms with Gasteiger partial charge in [0.2, 0.25) is 5.91 Å². The van der Waals surface area contributed by atoms with Gasteiger partial charge in [-0.2, -0.15) is 0 Å². The van der Waals surface area contributed by atoms with Crippen molar-refractivity contribution in [2.24, 2.45) is 0 Å². The fraction of sp³-hybridized carbons (Fsp3) is 0.188. The van der Waals surface area contributed by atoms with Gasteiger partial charge in [0.15, 0.2) is 0 Å². The first kappa shape index (κ1) is 16.7. The smallest absolute Gasteiger partial charge is 0.234 e. The fourth-order valence-electron chi connectivity index (χ4n) is 1.76. The summed E-state index contributed by atoms with van der Waals surface area (Å²) < 4.78 is 11.4. The van der Waals surface area contributed by atoms with E-state index < -0.39 is 0 Å². The molecular weight excluding hydrogens is 366 g/mol. The van der Waals surface area contributed by atoms with Crippen LogP contribution in [-0.2, 0) is 4.79 Å². The number of carbonyl (C=O) groups excluding carboxylic acids is 1. The molecule has 2 rings (SSSR count). The second kappa shape index (κ2) is 8.10. The number of hydrogen-bond acceptors (Lipinski definition) is 4. The van der Waals surface area contributed by atoms with E-state index in [2.05, 4.69) is 21.2 Å². The van der Waals surface area contributed by atoms with Crippen LogP contribution in [0.1, 0.15) is 0 Å². The Morgan fingerprint density at radius 1 is 1.09 bits per heavy atom. The number of nitrogens with one attached hydrogen (secondary N) is 1. The lowest BCUT2D eigenvalue weighted by molar-refractivity contribution is -0.113. The number of rotatable bonds is 6. The van der Waals surface area contributed by atoms with Crippen molar-refractivity contribution in [1.29, 1.82) is 0 Å². The van der Waals surface area contributed by atoms with Crippen LogP contribution in [0.4, 0.5) is 5.69 Å². The maximum atomic E-state index is 12.0. The van der Waals surface area contributed by atoms with Crippen molar-refractivity contribution in [1.82, 2.24) is 0 Å². The number of hydrogen-bond donors (Lipinski definition) is 1. The molecule has 2 aromatic rings. The first-order valence-corrected chi connectivity index (χ1v) is 8.30. The SMILES string of the molecule is COc1cc(NC(=O)CSc2ccc(Br)cc2)cc(OC)c1. The van der Waals surface area contributed by atoms with Gasteiger partial charge >= 0.3 is 0 Å². The summed E-state index contributed by atoms with van der Waals surface area (Å²) in [5.41, 5.74) is 0.651. The topological polar surface area (TPSA) is 47.6 Å². The Labute approximate surface area is 142 Å². The minimum atomic E-state index is -0.0803. The van der Waals surface area contributed by atoms with Crippen molar-refractivity contribution < 1.29 is 14.3 Å². The average molecular weight is 382 g/mol. The number of thioether (sulfide) groups is 1. The summed E-state index contributed by atoms with van der Waals surface area (Å²) in [6.07, 6.45) is 0. The Hall–Kier alpha value is -1.66. The zero-order valence-corrected chi connectivity index (χ0v) is 14.7. The number of benzene rings is 2.